The summed E-state index contributed by atoms with van der Waals surface area (Å²) in [6.45, 7) is 10.3. The van der Waals surface area contributed by atoms with Crippen LogP contribution in [-0.2, 0) is 4.74 Å². The minimum Gasteiger partial charge on any atom is -0.373 e. The normalized spacial score (nSPS) is 21.8. The van der Waals surface area contributed by atoms with Gasteiger partial charge in [0.05, 0.1) is 18.8 Å². The lowest BCUT2D eigenvalue weighted by atomic mass is 10.1. The molecule has 3 rings (SSSR count). The smallest absolute Gasteiger partial charge is 0.178 e. The van der Waals surface area contributed by atoms with E-state index in [9.17, 15) is 4.79 Å². The van der Waals surface area contributed by atoms with Crippen LogP contribution < -0.4 is 0 Å². The van der Waals surface area contributed by atoms with Crippen LogP contribution in [0.2, 0.25) is 0 Å². The number of para-hydroxylation sites is 1. The van der Waals surface area contributed by atoms with E-state index in [2.05, 4.69) is 42.4 Å². The number of carbonyl (C=O) groups is 1. The predicted octanol–water partition coefficient (Wildman–Crippen LogP) is 3.39. The van der Waals surface area contributed by atoms with Crippen molar-refractivity contribution < 1.29 is 9.53 Å². The molecule has 0 unspecified atom stereocenters. The van der Waals surface area contributed by atoms with E-state index in [1.54, 1.807) is 0 Å². The van der Waals surface area contributed by atoms with Gasteiger partial charge >= 0.3 is 0 Å². The van der Waals surface area contributed by atoms with E-state index in [0.29, 0.717) is 6.54 Å². The van der Waals surface area contributed by atoms with Crippen molar-refractivity contribution in [2.75, 3.05) is 19.6 Å². The molecule has 2 atom stereocenters. The van der Waals surface area contributed by atoms with Crippen LogP contribution in [0.3, 0.4) is 0 Å². The number of rotatable bonds is 4. The first-order valence-electron chi connectivity index (χ1n) is 8.61. The number of ether oxygens (including phenoxy) is 1. The number of nitrogens with zero attached hydrogens (tertiary/aromatic N) is 2. The zero-order chi connectivity index (χ0) is 17.3. The van der Waals surface area contributed by atoms with E-state index in [-0.39, 0.29) is 18.0 Å². The van der Waals surface area contributed by atoms with Gasteiger partial charge in [0, 0.05) is 35.7 Å². The summed E-state index contributed by atoms with van der Waals surface area (Å²) in [5, 5.41) is 0. The third-order valence-corrected chi connectivity index (χ3v) is 4.61. The molecule has 24 heavy (non-hydrogen) atoms. The molecular formula is C20H26N2O2. The Balaban J connectivity index is 1.81. The minimum atomic E-state index is 0.179. The monoisotopic (exact) mass is 326 g/mol. The third kappa shape index (κ3) is 3.45. The first kappa shape index (κ1) is 16.9. The highest BCUT2D eigenvalue weighted by atomic mass is 16.5. The van der Waals surface area contributed by atoms with Gasteiger partial charge in [-0.25, -0.2) is 0 Å². The SMILES string of the molecule is Cc1cc(C(=O)CN2C[C@@H](C)O[C@H](C)C2)c(C)n1-c1ccccc1. The number of benzene rings is 1. The van der Waals surface area contributed by atoms with Crippen molar-refractivity contribution >= 4 is 5.78 Å². The van der Waals surface area contributed by atoms with E-state index in [0.717, 1.165) is 35.7 Å². The Morgan fingerprint density at radius 3 is 2.38 bits per heavy atom. The van der Waals surface area contributed by atoms with Crippen LogP contribution in [0.5, 0.6) is 0 Å². The van der Waals surface area contributed by atoms with Gasteiger partial charge < -0.3 is 9.30 Å². The van der Waals surface area contributed by atoms with Crippen molar-refractivity contribution in [3.8, 4) is 5.69 Å². The number of hydrogen-bond donors (Lipinski definition) is 0. The van der Waals surface area contributed by atoms with Gasteiger partial charge in [-0.3, -0.25) is 9.69 Å². The number of Topliss-reactive ketones (excluding diaryl/α,β-unsaturated/α-hetero) is 1. The molecule has 1 aromatic carbocycles. The highest BCUT2D eigenvalue weighted by molar-refractivity contribution is 5.99. The summed E-state index contributed by atoms with van der Waals surface area (Å²) in [6, 6.07) is 12.2. The van der Waals surface area contributed by atoms with Crippen molar-refractivity contribution in [1.29, 1.82) is 0 Å². The molecule has 4 heteroatoms. The van der Waals surface area contributed by atoms with Crippen LogP contribution in [0.4, 0.5) is 0 Å². The Kier molecular flexibility index (Phi) is 4.88. The molecule has 2 heterocycles. The number of ketones is 1. The van der Waals surface area contributed by atoms with E-state index in [4.69, 9.17) is 4.74 Å². The fraction of sp³-hybridized carbons (Fsp3) is 0.450. The molecule has 0 radical (unpaired) electrons. The fourth-order valence-electron chi connectivity index (χ4n) is 3.72. The quantitative estimate of drug-likeness (QED) is 0.808. The Morgan fingerprint density at radius 2 is 1.75 bits per heavy atom. The van der Waals surface area contributed by atoms with Crippen LogP contribution in [0, 0.1) is 13.8 Å². The summed E-state index contributed by atoms with van der Waals surface area (Å²) in [5.74, 6) is 0.187. The molecule has 1 aliphatic heterocycles. The number of carbonyl (C=O) groups excluding carboxylic acids is 1. The summed E-state index contributed by atoms with van der Waals surface area (Å²) in [6.07, 6.45) is 0.358. The highest BCUT2D eigenvalue weighted by Crippen LogP contribution is 2.22. The summed E-state index contributed by atoms with van der Waals surface area (Å²) in [4.78, 5) is 15.1. The molecule has 128 valence electrons. The van der Waals surface area contributed by atoms with E-state index >= 15 is 0 Å². The number of morpholine rings is 1. The van der Waals surface area contributed by atoms with Crippen LogP contribution in [0.1, 0.15) is 35.6 Å². The maximum Gasteiger partial charge on any atom is 0.178 e. The molecular weight excluding hydrogens is 300 g/mol. The lowest BCUT2D eigenvalue weighted by molar-refractivity contribution is -0.0652. The number of aromatic nitrogens is 1. The third-order valence-electron chi connectivity index (χ3n) is 4.61. The molecule has 0 bridgehead atoms. The minimum absolute atomic E-state index is 0.179. The van der Waals surface area contributed by atoms with Crippen LogP contribution >= 0.6 is 0 Å². The van der Waals surface area contributed by atoms with Crippen LogP contribution in [0.25, 0.3) is 5.69 Å². The molecule has 0 spiro atoms. The first-order chi connectivity index (χ1) is 11.5. The molecule has 0 N–H and O–H groups in total. The highest BCUT2D eigenvalue weighted by Gasteiger charge is 2.25. The second-order valence-electron chi connectivity index (χ2n) is 6.83. The summed E-state index contributed by atoms with van der Waals surface area (Å²) in [7, 11) is 0. The predicted molar refractivity (Wildman–Crippen MR) is 96.0 cm³/mol. The second kappa shape index (κ2) is 6.91. The molecule has 1 saturated heterocycles. The van der Waals surface area contributed by atoms with Gasteiger partial charge in [0.25, 0.3) is 0 Å². The Labute approximate surface area is 144 Å². The van der Waals surface area contributed by atoms with E-state index < -0.39 is 0 Å². The molecule has 1 aromatic heterocycles. The summed E-state index contributed by atoms with van der Waals surface area (Å²) < 4.78 is 7.90. The van der Waals surface area contributed by atoms with E-state index in [1.165, 1.54) is 0 Å². The van der Waals surface area contributed by atoms with Gasteiger partial charge in [0.2, 0.25) is 0 Å². The molecule has 1 aliphatic rings. The topological polar surface area (TPSA) is 34.5 Å². The van der Waals surface area contributed by atoms with Crippen LogP contribution in [-0.4, -0.2) is 47.1 Å². The second-order valence-corrected chi connectivity index (χ2v) is 6.83. The molecule has 1 fully saturated rings. The largest absolute Gasteiger partial charge is 0.373 e. The van der Waals surface area contributed by atoms with Crippen molar-refractivity contribution in [3.63, 3.8) is 0 Å². The number of hydrogen-bond acceptors (Lipinski definition) is 3. The molecule has 4 nitrogen and oxygen atoms in total. The maximum atomic E-state index is 12.8. The molecule has 0 saturated carbocycles. The Morgan fingerprint density at radius 1 is 1.12 bits per heavy atom. The van der Waals surface area contributed by atoms with Crippen molar-refractivity contribution in [1.82, 2.24) is 9.47 Å². The van der Waals surface area contributed by atoms with Gasteiger partial charge in [-0.2, -0.15) is 0 Å². The lowest BCUT2D eigenvalue weighted by Gasteiger charge is -2.34. The average Bonchev–Trinajstić information content (AvgIpc) is 2.82. The summed E-state index contributed by atoms with van der Waals surface area (Å²) >= 11 is 0. The fourth-order valence-corrected chi connectivity index (χ4v) is 3.72. The molecule has 2 aromatic rings. The Bertz CT molecular complexity index is 711. The van der Waals surface area contributed by atoms with Crippen molar-refractivity contribution in [2.24, 2.45) is 0 Å². The van der Waals surface area contributed by atoms with Crippen LogP contribution in [0.15, 0.2) is 36.4 Å². The average molecular weight is 326 g/mol. The van der Waals surface area contributed by atoms with Gasteiger partial charge in [0.1, 0.15) is 0 Å². The van der Waals surface area contributed by atoms with Gasteiger partial charge in [-0.1, -0.05) is 18.2 Å². The number of aryl methyl sites for hydroxylation is 1. The zero-order valence-corrected chi connectivity index (χ0v) is 15.0. The Hall–Kier alpha value is -1.91. The van der Waals surface area contributed by atoms with Crippen molar-refractivity contribution in [2.45, 2.75) is 39.9 Å². The van der Waals surface area contributed by atoms with Gasteiger partial charge in [-0.05, 0) is 45.9 Å². The lowest BCUT2D eigenvalue weighted by Crippen LogP contribution is -2.47. The molecule has 0 aliphatic carbocycles. The maximum absolute atomic E-state index is 12.8. The molecule has 0 amide bonds. The first-order valence-corrected chi connectivity index (χ1v) is 8.61. The van der Waals surface area contributed by atoms with Gasteiger partial charge in [-0.15, -0.1) is 0 Å². The summed E-state index contributed by atoms with van der Waals surface area (Å²) in [5.41, 5.74) is 4.02. The standard InChI is InChI=1S/C20H26N2O2/c1-14-10-19(17(4)22(14)18-8-6-5-7-9-18)20(23)13-21-11-15(2)24-16(3)12-21/h5-10,15-16H,11-13H2,1-4H3/t15-,16-/m1/s1. The van der Waals surface area contributed by atoms with Gasteiger partial charge in [0.15, 0.2) is 5.78 Å². The van der Waals surface area contributed by atoms with E-state index in [1.807, 2.05) is 31.2 Å². The van der Waals surface area contributed by atoms with Crippen molar-refractivity contribution in [3.05, 3.63) is 53.3 Å². The zero-order valence-electron chi connectivity index (χ0n) is 15.0.